The Morgan fingerprint density at radius 2 is 1.88 bits per heavy atom. The zero-order valence-electron chi connectivity index (χ0n) is 9.74. The molecule has 1 aliphatic heterocycles. The highest BCUT2D eigenvalue weighted by molar-refractivity contribution is 5.76. The van der Waals surface area contributed by atoms with Crippen LogP contribution in [-0.2, 0) is 4.79 Å². The first-order chi connectivity index (χ1) is 7.74. The largest absolute Gasteiger partial charge is 0.393 e. The molecule has 0 bridgehead atoms. The zero-order chi connectivity index (χ0) is 11.4. The number of hydrogen-bond acceptors (Lipinski definition) is 3. The number of carbonyl (C=O) groups excluding carboxylic acids is 1. The molecule has 1 saturated heterocycles. The third kappa shape index (κ3) is 3.46. The third-order valence-corrected chi connectivity index (χ3v) is 3.65. The molecule has 4 nitrogen and oxygen atoms in total. The molecular formula is C12H22N2O2. The van der Waals surface area contributed by atoms with Gasteiger partial charge >= 0.3 is 0 Å². The fourth-order valence-corrected chi connectivity index (χ4v) is 2.69. The lowest BCUT2D eigenvalue weighted by atomic mass is 9.92. The van der Waals surface area contributed by atoms with Gasteiger partial charge in [0, 0.05) is 25.0 Å². The topological polar surface area (TPSA) is 61.4 Å². The summed E-state index contributed by atoms with van der Waals surface area (Å²) in [6.45, 7) is 0.820. The van der Waals surface area contributed by atoms with Gasteiger partial charge in [-0.15, -0.1) is 0 Å². The van der Waals surface area contributed by atoms with Crippen LogP contribution in [0.1, 0.15) is 44.9 Å². The van der Waals surface area contributed by atoms with E-state index in [-0.39, 0.29) is 12.0 Å². The van der Waals surface area contributed by atoms with E-state index in [1.807, 2.05) is 0 Å². The fraction of sp³-hybridized carbons (Fsp3) is 0.917. The van der Waals surface area contributed by atoms with Gasteiger partial charge < -0.3 is 15.7 Å². The van der Waals surface area contributed by atoms with E-state index in [9.17, 15) is 9.90 Å². The Balaban J connectivity index is 1.77. The highest BCUT2D eigenvalue weighted by Crippen LogP contribution is 2.20. The number of hydrogen-bond donors (Lipinski definition) is 3. The maximum atomic E-state index is 11.4. The Kier molecular flexibility index (Phi) is 4.18. The second-order valence-corrected chi connectivity index (χ2v) is 5.07. The van der Waals surface area contributed by atoms with Gasteiger partial charge in [0.15, 0.2) is 0 Å². The average Bonchev–Trinajstić information content (AvgIpc) is 2.46. The quantitative estimate of drug-likeness (QED) is 0.644. The van der Waals surface area contributed by atoms with E-state index < -0.39 is 0 Å². The van der Waals surface area contributed by atoms with Crippen molar-refractivity contribution in [2.45, 2.75) is 63.1 Å². The molecule has 1 aliphatic carbocycles. The molecule has 2 aliphatic rings. The number of nitrogens with one attached hydrogen (secondary N) is 2. The number of aliphatic hydroxyl groups is 1. The standard InChI is InChI=1S/C12H22N2O2/c15-11-5-3-9(4-6-11)14-10-2-1-7-13-12(16)8-10/h9-11,14-15H,1-8H2,(H,13,16). The van der Waals surface area contributed by atoms with Crippen LogP contribution in [-0.4, -0.2) is 35.7 Å². The summed E-state index contributed by atoms with van der Waals surface area (Å²) in [5, 5.41) is 15.9. The summed E-state index contributed by atoms with van der Waals surface area (Å²) in [5.41, 5.74) is 0. The van der Waals surface area contributed by atoms with Crippen LogP contribution in [0.2, 0.25) is 0 Å². The first kappa shape index (κ1) is 11.9. The molecule has 1 atom stereocenters. The predicted molar refractivity (Wildman–Crippen MR) is 62.0 cm³/mol. The molecule has 2 rings (SSSR count). The minimum absolute atomic E-state index is 0.101. The van der Waals surface area contributed by atoms with Crippen molar-refractivity contribution in [3.63, 3.8) is 0 Å². The molecule has 16 heavy (non-hydrogen) atoms. The predicted octanol–water partition coefficient (Wildman–Crippen LogP) is 0.548. The molecule has 0 aromatic rings. The van der Waals surface area contributed by atoms with Crippen molar-refractivity contribution in [2.24, 2.45) is 0 Å². The summed E-state index contributed by atoms with van der Waals surface area (Å²) in [5.74, 6) is 0.172. The molecule has 1 heterocycles. The minimum Gasteiger partial charge on any atom is -0.393 e. The van der Waals surface area contributed by atoms with Crippen LogP contribution in [0.4, 0.5) is 0 Å². The summed E-state index contributed by atoms with van der Waals surface area (Å²) in [6, 6.07) is 0.835. The summed E-state index contributed by atoms with van der Waals surface area (Å²) in [4.78, 5) is 11.4. The Morgan fingerprint density at radius 3 is 2.62 bits per heavy atom. The van der Waals surface area contributed by atoms with Crippen LogP contribution in [0, 0.1) is 0 Å². The summed E-state index contributed by atoms with van der Waals surface area (Å²) in [6.07, 6.45) is 6.54. The third-order valence-electron chi connectivity index (χ3n) is 3.65. The van der Waals surface area contributed by atoms with Crippen LogP contribution in [0.3, 0.4) is 0 Å². The lowest BCUT2D eigenvalue weighted by Crippen LogP contribution is -2.42. The molecule has 4 heteroatoms. The fourth-order valence-electron chi connectivity index (χ4n) is 2.69. The highest BCUT2D eigenvalue weighted by atomic mass is 16.3. The Hall–Kier alpha value is -0.610. The molecule has 92 valence electrons. The molecular weight excluding hydrogens is 204 g/mol. The van der Waals surface area contributed by atoms with Gasteiger partial charge in [0.25, 0.3) is 0 Å². The van der Waals surface area contributed by atoms with E-state index in [0.29, 0.717) is 18.5 Å². The highest BCUT2D eigenvalue weighted by Gasteiger charge is 2.24. The van der Waals surface area contributed by atoms with Gasteiger partial charge in [0.1, 0.15) is 0 Å². The summed E-state index contributed by atoms with van der Waals surface area (Å²) in [7, 11) is 0. The van der Waals surface area contributed by atoms with E-state index in [1.54, 1.807) is 0 Å². The maximum Gasteiger partial charge on any atom is 0.221 e. The van der Waals surface area contributed by atoms with E-state index >= 15 is 0 Å². The summed E-state index contributed by atoms with van der Waals surface area (Å²) >= 11 is 0. The summed E-state index contributed by atoms with van der Waals surface area (Å²) < 4.78 is 0. The van der Waals surface area contributed by atoms with Gasteiger partial charge in [0.2, 0.25) is 5.91 Å². The molecule has 1 amide bonds. The van der Waals surface area contributed by atoms with Crippen molar-refractivity contribution in [1.29, 1.82) is 0 Å². The van der Waals surface area contributed by atoms with Gasteiger partial charge in [-0.3, -0.25) is 4.79 Å². The molecule has 1 unspecified atom stereocenters. The van der Waals surface area contributed by atoms with Crippen molar-refractivity contribution in [3.05, 3.63) is 0 Å². The van der Waals surface area contributed by atoms with Crippen molar-refractivity contribution < 1.29 is 9.90 Å². The number of amides is 1. The average molecular weight is 226 g/mol. The van der Waals surface area contributed by atoms with E-state index in [4.69, 9.17) is 0 Å². The van der Waals surface area contributed by atoms with Crippen LogP contribution in [0.25, 0.3) is 0 Å². The molecule has 2 fully saturated rings. The second kappa shape index (κ2) is 5.64. The van der Waals surface area contributed by atoms with Crippen LogP contribution < -0.4 is 10.6 Å². The van der Waals surface area contributed by atoms with Crippen LogP contribution in [0.5, 0.6) is 0 Å². The number of rotatable bonds is 2. The maximum absolute atomic E-state index is 11.4. The van der Waals surface area contributed by atoms with E-state index in [1.165, 1.54) is 0 Å². The molecule has 3 N–H and O–H groups in total. The van der Waals surface area contributed by atoms with Gasteiger partial charge in [-0.1, -0.05) is 0 Å². The monoisotopic (exact) mass is 226 g/mol. The van der Waals surface area contributed by atoms with Crippen LogP contribution >= 0.6 is 0 Å². The van der Waals surface area contributed by atoms with Crippen molar-refractivity contribution in [3.8, 4) is 0 Å². The van der Waals surface area contributed by atoms with Gasteiger partial charge in [-0.25, -0.2) is 0 Å². The SMILES string of the molecule is O=C1CC(NC2CCC(O)CC2)CCCN1. The first-order valence-electron chi connectivity index (χ1n) is 6.45. The minimum atomic E-state index is -0.101. The molecule has 0 radical (unpaired) electrons. The van der Waals surface area contributed by atoms with Gasteiger partial charge in [-0.05, 0) is 38.5 Å². The molecule has 0 spiro atoms. The van der Waals surface area contributed by atoms with E-state index in [0.717, 1.165) is 45.1 Å². The Morgan fingerprint density at radius 1 is 1.12 bits per heavy atom. The molecule has 0 aromatic heterocycles. The zero-order valence-corrected chi connectivity index (χ0v) is 9.74. The Bertz CT molecular complexity index is 237. The smallest absolute Gasteiger partial charge is 0.221 e. The van der Waals surface area contributed by atoms with Crippen molar-refractivity contribution in [2.75, 3.05) is 6.54 Å². The normalized spacial score (nSPS) is 36.6. The number of aliphatic hydroxyl groups excluding tert-OH is 1. The van der Waals surface area contributed by atoms with Crippen molar-refractivity contribution in [1.82, 2.24) is 10.6 Å². The van der Waals surface area contributed by atoms with Crippen molar-refractivity contribution >= 4 is 5.91 Å². The van der Waals surface area contributed by atoms with Crippen LogP contribution in [0.15, 0.2) is 0 Å². The molecule has 0 aromatic carbocycles. The van der Waals surface area contributed by atoms with Gasteiger partial charge in [-0.2, -0.15) is 0 Å². The lowest BCUT2D eigenvalue weighted by molar-refractivity contribution is -0.121. The second-order valence-electron chi connectivity index (χ2n) is 5.07. The molecule has 1 saturated carbocycles. The van der Waals surface area contributed by atoms with Gasteiger partial charge in [0.05, 0.1) is 6.10 Å². The van der Waals surface area contributed by atoms with E-state index in [2.05, 4.69) is 10.6 Å². The first-order valence-corrected chi connectivity index (χ1v) is 6.45. The Labute approximate surface area is 96.8 Å². The number of carbonyl (C=O) groups is 1. The lowest BCUT2D eigenvalue weighted by Gasteiger charge is -2.29.